The van der Waals surface area contributed by atoms with Crippen LogP contribution in [0.3, 0.4) is 0 Å². The van der Waals surface area contributed by atoms with Crippen molar-refractivity contribution < 1.29 is 8.91 Å². The molecule has 140 valence electrons. The van der Waals surface area contributed by atoms with E-state index >= 15 is 0 Å². The average Bonchev–Trinajstić information content (AvgIpc) is 3.32. The van der Waals surface area contributed by atoms with Gasteiger partial charge in [-0.25, -0.2) is 4.39 Å². The molecule has 2 N–H and O–H groups in total. The quantitative estimate of drug-likeness (QED) is 0.875. The van der Waals surface area contributed by atoms with Crippen LogP contribution in [0.25, 0.3) is 0 Å². The molecule has 7 heteroatoms. The highest BCUT2D eigenvalue weighted by Gasteiger charge is 2.36. The summed E-state index contributed by atoms with van der Waals surface area (Å²) in [4.78, 5) is 6.71. The molecular formula is C19H26FN5O. The first kappa shape index (κ1) is 17.4. The Hall–Kier alpha value is -1.99. The predicted octanol–water partition coefficient (Wildman–Crippen LogP) is 2.81. The number of aromatic nitrogens is 2. The van der Waals surface area contributed by atoms with Crippen LogP contribution in [0.15, 0.2) is 28.8 Å². The van der Waals surface area contributed by atoms with Crippen LogP contribution in [-0.2, 0) is 0 Å². The molecule has 1 aromatic heterocycles. The van der Waals surface area contributed by atoms with Crippen LogP contribution in [0.5, 0.6) is 0 Å². The van der Waals surface area contributed by atoms with E-state index in [4.69, 9.17) is 4.52 Å². The molecule has 2 aliphatic rings. The van der Waals surface area contributed by atoms with Gasteiger partial charge in [-0.1, -0.05) is 26.0 Å². The molecule has 0 bridgehead atoms. The second-order valence-corrected chi connectivity index (χ2v) is 7.62. The Morgan fingerprint density at radius 3 is 2.77 bits per heavy atom. The van der Waals surface area contributed by atoms with Gasteiger partial charge in [0.05, 0.1) is 0 Å². The summed E-state index contributed by atoms with van der Waals surface area (Å²) in [6.07, 6.45) is 2.10. The second-order valence-electron chi connectivity index (χ2n) is 7.62. The lowest BCUT2D eigenvalue weighted by molar-refractivity contribution is 0.293. The van der Waals surface area contributed by atoms with Gasteiger partial charge in [0.1, 0.15) is 5.82 Å². The molecule has 0 saturated carbocycles. The predicted molar refractivity (Wildman–Crippen MR) is 97.4 cm³/mol. The fourth-order valence-corrected chi connectivity index (χ4v) is 4.07. The molecule has 2 aliphatic heterocycles. The van der Waals surface area contributed by atoms with Gasteiger partial charge in [-0.05, 0) is 41.6 Å². The third-order valence-corrected chi connectivity index (χ3v) is 5.56. The number of nitrogens with zero attached hydrogens (tertiary/aromatic N) is 3. The highest BCUT2D eigenvalue weighted by atomic mass is 19.1. The van der Waals surface area contributed by atoms with Gasteiger partial charge in [-0.3, -0.25) is 10.9 Å². The minimum Gasteiger partial charge on any atom is -0.338 e. The van der Waals surface area contributed by atoms with Gasteiger partial charge in [0.2, 0.25) is 5.89 Å². The van der Waals surface area contributed by atoms with Gasteiger partial charge >= 0.3 is 0 Å². The summed E-state index contributed by atoms with van der Waals surface area (Å²) < 4.78 is 18.9. The lowest BCUT2D eigenvalue weighted by Gasteiger charge is -2.35. The summed E-state index contributed by atoms with van der Waals surface area (Å²) >= 11 is 0. The van der Waals surface area contributed by atoms with E-state index in [1.807, 2.05) is 6.07 Å². The number of hydrogen-bond donors (Lipinski definition) is 2. The lowest BCUT2D eigenvalue weighted by atomic mass is 9.80. The first-order chi connectivity index (χ1) is 12.6. The van der Waals surface area contributed by atoms with E-state index in [-0.39, 0.29) is 11.7 Å². The number of piperidine rings is 1. The minimum absolute atomic E-state index is 0.166. The Morgan fingerprint density at radius 2 is 2.08 bits per heavy atom. The largest absolute Gasteiger partial charge is 0.338 e. The summed E-state index contributed by atoms with van der Waals surface area (Å²) in [5, 5.41) is 4.13. The molecule has 3 heterocycles. The molecule has 2 fully saturated rings. The zero-order chi connectivity index (χ0) is 18.1. The van der Waals surface area contributed by atoms with E-state index in [0.29, 0.717) is 29.7 Å². The van der Waals surface area contributed by atoms with Crippen molar-refractivity contribution in [2.45, 2.75) is 44.6 Å². The zero-order valence-electron chi connectivity index (χ0n) is 15.3. The average molecular weight is 359 g/mol. The molecular weight excluding hydrogens is 333 g/mol. The Labute approximate surface area is 153 Å². The summed E-state index contributed by atoms with van der Waals surface area (Å²) in [6.45, 7) is 6.76. The second kappa shape index (κ2) is 7.32. The first-order valence-corrected chi connectivity index (χ1v) is 9.44. The molecule has 26 heavy (non-hydrogen) atoms. The van der Waals surface area contributed by atoms with E-state index in [1.165, 1.54) is 6.07 Å². The smallest absolute Gasteiger partial charge is 0.266 e. The van der Waals surface area contributed by atoms with Crippen molar-refractivity contribution in [3.05, 3.63) is 41.5 Å². The fraction of sp³-hybridized carbons (Fsp3) is 0.579. The maximum absolute atomic E-state index is 13.6. The Bertz CT molecular complexity index is 741. The molecule has 0 spiro atoms. The molecule has 0 aliphatic carbocycles. The number of benzene rings is 1. The molecule has 6 nitrogen and oxygen atoms in total. The fourth-order valence-electron chi connectivity index (χ4n) is 4.07. The lowest BCUT2D eigenvalue weighted by Crippen LogP contribution is -2.44. The summed E-state index contributed by atoms with van der Waals surface area (Å²) in [6, 6.07) is 7.30. The van der Waals surface area contributed by atoms with Crippen LogP contribution >= 0.6 is 0 Å². The maximum Gasteiger partial charge on any atom is 0.266 e. The van der Waals surface area contributed by atoms with Crippen LogP contribution in [0.1, 0.15) is 50.0 Å². The minimum atomic E-state index is -0.166. The SMILES string of the molecule is CC(C)c1nc(N2CCC(C3NNCC3c3cccc(F)c3)CC2)no1. The van der Waals surface area contributed by atoms with Gasteiger partial charge in [0.25, 0.3) is 5.95 Å². The number of hydrogen-bond acceptors (Lipinski definition) is 6. The molecule has 4 rings (SSSR count). The van der Waals surface area contributed by atoms with E-state index in [1.54, 1.807) is 12.1 Å². The molecule has 0 radical (unpaired) electrons. The molecule has 2 saturated heterocycles. The van der Waals surface area contributed by atoms with Gasteiger partial charge < -0.3 is 9.42 Å². The van der Waals surface area contributed by atoms with Crippen molar-refractivity contribution in [3.63, 3.8) is 0 Å². The van der Waals surface area contributed by atoms with Crippen molar-refractivity contribution in [2.75, 3.05) is 24.5 Å². The zero-order valence-corrected chi connectivity index (χ0v) is 15.3. The normalized spacial score (nSPS) is 24.5. The Morgan fingerprint density at radius 1 is 1.27 bits per heavy atom. The van der Waals surface area contributed by atoms with Crippen molar-refractivity contribution in [3.8, 4) is 0 Å². The first-order valence-electron chi connectivity index (χ1n) is 9.44. The summed E-state index contributed by atoms with van der Waals surface area (Å²) in [7, 11) is 0. The standard InChI is InChI=1S/C19H26FN5O/c1-12(2)18-22-19(24-26-18)25-8-6-13(7-9-25)17-16(11-21-23-17)14-4-3-5-15(20)10-14/h3-5,10,12-13,16-17,21,23H,6-9,11H2,1-2H3. The Balaban J connectivity index is 1.40. The molecule has 1 aromatic carbocycles. The highest BCUT2D eigenvalue weighted by Crippen LogP contribution is 2.33. The van der Waals surface area contributed by atoms with Crippen LogP contribution in [0.4, 0.5) is 10.3 Å². The van der Waals surface area contributed by atoms with Crippen LogP contribution in [-0.4, -0.2) is 35.8 Å². The van der Waals surface area contributed by atoms with Crippen molar-refractivity contribution in [1.29, 1.82) is 0 Å². The van der Waals surface area contributed by atoms with E-state index < -0.39 is 0 Å². The topological polar surface area (TPSA) is 66.2 Å². The third-order valence-electron chi connectivity index (χ3n) is 5.56. The molecule has 2 aromatic rings. The monoisotopic (exact) mass is 359 g/mol. The van der Waals surface area contributed by atoms with Gasteiger partial charge in [-0.15, -0.1) is 0 Å². The van der Waals surface area contributed by atoms with Crippen molar-refractivity contribution >= 4 is 5.95 Å². The number of halogens is 1. The van der Waals surface area contributed by atoms with Crippen molar-refractivity contribution in [2.24, 2.45) is 5.92 Å². The van der Waals surface area contributed by atoms with Crippen LogP contribution in [0.2, 0.25) is 0 Å². The summed E-state index contributed by atoms with van der Waals surface area (Å²) in [5.74, 6) is 2.29. The number of hydrazine groups is 1. The number of rotatable bonds is 4. The highest BCUT2D eigenvalue weighted by molar-refractivity contribution is 5.30. The third kappa shape index (κ3) is 3.46. The van der Waals surface area contributed by atoms with Crippen LogP contribution < -0.4 is 15.8 Å². The van der Waals surface area contributed by atoms with E-state index in [0.717, 1.165) is 38.0 Å². The molecule has 2 atom stereocenters. The summed E-state index contributed by atoms with van der Waals surface area (Å²) in [5.41, 5.74) is 7.76. The maximum atomic E-state index is 13.6. The number of nitrogens with one attached hydrogen (secondary N) is 2. The molecule has 2 unspecified atom stereocenters. The van der Waals surface area contributed by atoms with Gasteiger partial charge in [0.15, 0.2) is 0 Å². The molecule has 0 amide bonds. The van der Waals surface area contributed by atoms with Gasteiger partial charge in [0, 0.05) is 37.5 Å². The van der Waals surface area contributed by atoms with E-state index in [9.17, 15) is 4.39 Å². The van der Waals surface area contributed by atoms with E-state index in [2.05, 4.69) is 39.7 Å². The Kier molecular flexibility index (Phi) is 4.91. The van der Waals surface area contributed by atoms with Crippen molar-refractivity contribution in [1.82, 2.24) is 21.0 Å². The number of anilines is 1. The van der Waals surface area contributed by atoms with Gasteiger partial charge in [-0.2, -0.15) is 4.98 Å². The van der Waals surface area contributed by atoms with Crippen LogP contribution in [0, 0.1) is 11.7 Å².